The van der Waals surface area contributed by atoms with Crippen LogP contribution in [0.15, 0.2) is 42.9 Å². The maximum Gasteiger partial charge on any atom is 0.0421 e. The fourth-order valence-corrected chi connectivity index (χ4v) is 1.97. The molecule has 0 aromatic carbocycles. The molecule has 1 unspecified atom stereocenters. The van der Waals surface area contributed by atoms with Crippen molar-refractivity contribution in [3.05, 3.63) is 54.1 Å². The van der Waals surface area contributed by atoms with Gasteiger partial charge in [0.15, 0.2) is 0 Å². The van der Waals surface area contributed by atoms with Crippen molar-refractivity contribution in [3.8, 4) is 0 Å². The smallest absolute Gasteiger partial charge is 0.0421 e. The molecule has 2 heterocycles. The first-order valence-corrected chi connectivity index (χ1v) is 6.48. The lowest BCUT2D eigenvalue weighted by Gasteiger charge is -2.13. The fourth-order valence-electron chi connectivity index (χ4n) is 1.97. The molecule has 3 heteroatoms. The second-order valence-corrected chi connectivity index (χ2v) is 5.02. The normalized spacial score (nSPS) is 12.9. The van der Waals surface area contributed by atoms with Gasteiger partial charge in [-0.2, -0.15) is 0 Å². The van der Waals surface area contributed by atoms with Gasteiger partial charge in [-0.3, -0.25) is 4.98 Å². The van der Waals surface area contributed by atoms with Gasteiger partial charge in [-0.15, -0.1) is 0 Å². The largest absolute Gasteiger partial charge is 0.354 e. The van der Waals surface area contributed by atoms with E-state index in [1.807, 2.05) is 18.3 Å². The SMILES string of the molecule is CC(C)C(N)c1ccn(CCc2ccccn2)c1. The minimum Gasteiger partial charge on any atom is -0.354 e. The molecule has 0 bridgehead atoms. The zero-order valence-electron chi connectivity index (χ0n) is 11.1. The average Bonchev–Trinajstić information content (AvgIpc) is 2.85. The van der Waals surface area contributed by atoms with Gasteiger partial charge in [0.2, 0.25) is 0 Å². The molecule has 96 valence electrons. The summed E-state index contributed by atoms with van der Waals surface area (Å²) in [5.74, 6) is 0.469. The number of hydrogen-bond acceptors (Lipinski definition) is 2. The maximum atomic E-state index is 6.13. The van der Waals surface area contributed by atoms with E-state index in [1.165, 1.54) is 5.56 Å². The first kappa shape index (κ1) is 12.8. The van der Waals surface area contributed by atoms with Crippen molar-refractivity contribution >= 4 is 0 Å². The quantitative estimate of drug-likeness (QED) is 0.877. The molecule has 0 radical (unpaired) electrons. The molecule has 3 nitrogen and oxygen atoms in total. The molecule has 2 aromatic rings. The number of rotatable bonds is 5. The van der Waals surface area contributed by atoms with Gasteiger partial charge < -0.3 is 10.3 Å². The first-order chi connectivity index (χ1) is 8.66. The van der Waals surface area contributed by atoms with Crippen LogP contribution < -0.4 is 5.73 Å². The topological polar surface area (TPSA) is 43.8 Å². The number of pyridine rings is 1. The van der Waals surface area contributed by atoms with Crippen LogP contribution in [0.1, 0.15) is 31.1 Å². The summed E-state index contributed by atoms with van der Waals surface area (Å²) in [7, 11) is 0. The zero-order chi connectivity index (χ0) is 13.0. The van der Waals surface area contributed by atoms with Crippen molar-refractivity contribution in [1.29, 1.82) is 0 Å². The molecule has 0 aliphatic rings. The van der Waals surface area contributed by atoms with Crippen molar-refractivity contribution in [2.24, 2.45) is 11.7 Å². The molecule has 18 heavy (non-hydrogen) atoms. The second-order valence-electron chi connectivity index (χ2n) is 5.02. The molecular formula is C15H21N3. The molecule has 0 aliphatic heterocycles. The maximum absolute atomic E-state index is 6.13. The lowest BCUT2D eigenvalue weighted by molar-refractivity contribution is 0.513. The Morgan fingerprint density at radius 3 is 2.78 bits per heavy atom. The Labute approximate surface area is 109 Å². The molecule has 0 amide bonds. The van der Waals surface area contributed by atoms with Crippen LogP contribution in [-0.4, -0.2) is 9.55 Å². The molecular weight excluding hydrogens is 222 g/mol. The second kappa shape index (κ2) is 5.83. The van der Waals surface area contributed by atoms with Crippen molar-refractivity contribution < 1.29 is 0 Å². The van der Waals surface area contributed by atoms with Gasteiger partial charge in [-0.1, -0.05) is 19.9 Å². The van der Waals surface area contributed by atoms with E-state index in [-0.39, 0.29) is 6.04 Å². The highest BCUT2D eigenvalue weighted by Gasteiger charge is 2.11. The molecule has 0 aliphatic carbocycles. The third-order valence-electron chi connectivity index (χ3n) is 3.23. The van der Waals surface area contributed by atoms with Crippen LogP contribution in [0.2, 0.25) is 0 Å². The highest BCUT2D eigenvalue weighted by atomic mass is 14.9. The zero-order valence-corrected chi connectivity index (χ0v) is 11.1. The van der Waals surface area contributed by atoms with Gasteiger partial charge in [0.25, 0.3) is 0 Å². The predicted octanol–water partition coefficient (Wildman–Crippen LogP) is 2.78. The van der Waals surface area contributed by atoms with Crippen LogP contribution in [0.25, 0.3) is 0 Å². The monoisotopic (exact) mass is 243 g/mol. The Kier molecular flexibility index (Phi) is 4.15. The molecule has 0 spiro atoms. The molecule has 0 saturated carbocycles. The minimum absolute atomic E-state index is 0.126. The number of hydrogen-bond donors (Lipinski definition) is 1. The third-order valence-corrected chi connectivity index (χ3v) is 3.23. The predicted molar refractivity (Wildman–Crippen MR) is 74.1 cm³/mol. The van der Waals surface area contributed by atoms with E-state index in [0.29, 0.717) is 5.92 Å². The van der Waals surface area contributed by atoms with Gasteiger partial charge in [-0.25, -0.2) is 0 Å². The fraction of sp³-hybridized carbons (Fsp3) is 0.400. The molecule has 2 aromatic heterocycles. The summed E-state index contributed by atoms with van der Waals surface area (Å²) >= 11 is 0. The molecule has 1 atom stereocenters. The molecule has 2 N–H and O–H groups in total. The lowest BCUT2D eigenvalue weighted by Crippen LogP contribution is -2.16. The van der Waals surface area contributed by atoms with Crippen LogP contribution in [-0.2, 0) is 13.0 Å². The van der Waals surface area contributed by atoms with E-state index in [9.17, 15) is 0 Å². The first-order valence-electron chi connectivity index (χ1n) is 6.48. The van der Waals surface area contributed by atoms with Gasteiger partial charge in [-0.05, 0) is 29.7 Å². The highest BCUT2D eigenvalue weighted by molar-refractivity contribution is 5.15. The van der Waals surface area contributed by atoms with Crippen molar-refractivity contribution in [2.75, 3.05) is 0 Å². The Balaban J connectivity index is 1.95. The van der Waals surface area contributed by atoms with Crippen LogP contribution in [0.3, 0.4) is 0 Å². The summed E-state index contributed by atoms with van der Waals surface area (Å²) in [6.07, 6.45) is 7.03. The van der Waals surface area contributed by atoms with E-state index < -0.39 is 0 Å². The van der Waals surface area contributed by atoms with Gasteiger partial charge in [0.1, 0.15) is 0 Å². The van der Waals surface area contributed by atoms with E-state index in [1.54, 1.807) is 0 Å². The van der Waals surface area contributed by atoms with E-state index in [4.69, 9.17) is 5.73 Å². The van der Waals surface area contributed by atoms with E-state index in [2.05, 4.69) is 47.9 Å². The summed E-state index contributed by atoms with van der Waals surface area (Å²) in [4.78, 5) is 4.33. The summed E-state index contributed by atoms with van der Waals surface area (Å²) in [5.41, 5.74) is 8.47. The van der Waals surface area contributed by atoms with Gasteiger partial charge in [0, 0.05) is 43.3 Å². The summed E-state index contributed by atoms with van der Waals surface area (Å²) in [5, 5.41) is 0. The standard InChI is InChI=1S/C15H21N3/c1-12(2)15(16)13-6-9-18(11-13)10-7-14-5-3-4-8-17-14/h3-6,8-9,11-12,15H,7,10,16H2,1-2H3. The molecule has 0 fully saturated rings. The Morgan fingerprint density at radius 1 is 1.28 bits per heavy atom. The highest BCUT2D eigenvalue weighted by Crippen LogP contribution is 2.18. The number of nitrogens with two attached hydrogens (primary N) is 1. The Hall–Kier alpha value is -1.61. The van der Waals surface area contributed by atoms with Crippen LogP contribution >= 0.6 is 0 Å². The number of aromatic nitrogens is 2. The Bertz CT molecular complexity index is 473. The van der Waals surface area contributed by atoms with Crippen molar-refractivity contribution in [1.82, 2.24) is 9.55 Å². The van der Waals surface area contributed by atoms with Gasteiger partial charge in [0.05, 0.1) is 0 Å². The minimum atomic E-state index is 0.126. The van der Waals surface area contributed by atoms with Crippen LogP contribution in [0.5, 0.6) is 0 Å². The Morgan fingerprint density at radius 2 is 2.11 bits per heavy atom. The summed E-state index contributed by atoms with van der Waals surface area (Å²) < 4.78 is 2.19. The summed E-state index contributed by atoms with van der Waals surface area (Å²) in [6.45, 7) is 5.24. The summed E-state index contributed by atoms with van der Waals surface area (Å²) in [6, 6.07) is 8.27. The molecule has 2 rings (SSSR count). The number of aryl methyl sites for hydroxylation is 2. The van der Waals surface area contributed by atoms with Crippen LogP contribution in [0, 0.1) is 5.92 Å². The average molecular weight is 243 g/mol. The third kappa shape index (κ3) is 3.20. The van der Waals surface area contributed by atoms with Gasteiger partial charge >= 0.3 is 0 Å². The van der Waals surface area contributed by atoms with E-state index >= 15 is 0 Å². The lowest BCUT2D eigenvalue weighted by atomic mass is 10.00. The van der Waals surface area contributed by atoms with Crippen LogP contribution in [0.4, 0.5) is 0 Å². The van der Waals surface area contributed by atoms with Crippen molar-refractivity contribution in [3.63, 3.8) is 0 Å². The number of nitrogens with zero attached hydrogens (tertiary/aromatic N) is 2. The van der Waals surface area contributed by atoms with Crippen molar-refractivity contribution in [2.45, 2.75) is 32.9 Å². The molecule has 0 saturated heterocycles. The van der Waals surface area contributed by atoms with E-state index in [0.717, 1.165) is 18.7 Å².